The molecule has 25 heavy (non-hydrogen) atoms. The Hall–Kier alpha value is -2.28. The van der Waals surface area contributed by atoms with Crippen LogP contribution in [-0.4, -0.2) is 43.1 Å². The monoisotopic (exact) mass is 368 g/mol. The standard InChI is InChI=1S/C17H21ClN2O5/c1-10(5-16(22)23)8-19-17(24)11-6-15(21)20(9-11)13-7-12(18)3-4-14(13)25-2/h3-4,7,10-11H,5-6,8-9H2,1-2H3,(H,19,24)(H,22,23). The van der Waals surface area contributed by atoms with Gasteiger partial charge in [0.25, 0.3) is 0 Å². The highest BCUT2D eigenvalue weighted by Gasteiger charge is 2.36. The maximum Gasteiger partial charge on any atom is 0.303 e. The number of hydrogen-bond donors (Lipinski definition) is 2. The first-order valence-electron chi connectivity index (χ1n) is 7.95. The van der Waals surface area contributed by atoms with E-state index in [1.165, 1.54) is 12.0 Å². The van der Waals surface area contributed by atoms with E-state index < -0.39 is 11.9 Å². The zero-order chi connectivity index (χ0) is 18.6. The molecule has 136 valence electrons. The number of carbonyl (C=O) groups is 3. The lowest BCUT2D eigenvalue weighted by atomic mass is 10.1. The number of anilines is 1. The maximum absolute atomic E-state index is 12.3. The molecule has 2 N–H and O–H groups in total. The van der Waals surface area contributed by atoms with Crippen LogP contribution in [0.15, 0.2) is 18.2 Å². The summed E-state index contributed by atoms with van der Waals surface area (Å²) in [6.45, 7) is 2.24. The average molecular weight is 369 g/mol. The Labute approximate surface area is 150 Å². The summed E-state index contributed by atoms with van der Waals surface area (Å²) in [5.74, 6) is -1.50. The van der Waals surface area contributed by atoms with Crippen LogP contribution in [0, 0.1) is 11.8 Å². The van der Waals surface area contributed by atoms with Crippen molar-refractivity contribution in [1.29, 1.82) is 0 Å². The number of methoxy groups -OCH3 is 1. The fourth-order valence-corrected chi connectivity index (χ4v) is 2.95. The van der Waals surface area contributed by atoms with Crippen molar-refractivity contribution in [1.82, 2.24) is 5.32 Å². The van der Waals surface area contributed by atoms with Gasteiger partial charge in [-0.15, -0.1) is 0 Å². The van der Waals surface area contributed by atoms with Gasteiger partial charge in [0.15, 0.2) is 0 Å². The number of carboxylic acids is 1. The second kappa shape index (κ2) is 8.20. The van der Waals surface area contributed by atoms with Gasteiger partial charge < -0.3 is 20.1 Å². The van der Waals surface area contributed by atoms with Crippen molar-refractivity contribution in [2.75, 3.05) is 25.1 Å². The summed E-state index contributed by atoms with van der Waals surface area (Å²) < 4.78 is 5.26. The Bertz CT molecular complexity index is 679. The molecular formula is C17H21ClN2O5. The summed E-state index contributed by atoms with van der Waals surface area (Å²) in [6.07, 6.45) is 0.0739. The van der Waals surface area contributed by atoms with Crippen LogP contribution in [0.25, 0.3) is 0 Å². The molecule has 7 nitrogen and oxygen atoms in total. The summed E-state index contributed by atoms with van der Waals surface area (Å²) in [5.41, 5.74) is 0.537. The van der Waals surface area contributed by atoms with Crippen LogP contribution >= 0.6 is 11.6 Å². The number of ether oxygens (including phenoxy) is 1. The third-order valence-corrected chi connectivity index (χ3v) is 4.31. The minimum atomic E-state index is -0.906. The average Bonchev–Trinajstić information content (AvgIpc) is 2.93. The van der Waals surface area contributed by atoms with Gasteiger partial charge in [-0.1, -0.05) is 18.5 Å². The van der Waals surface area contributed by atoms with E-state index in [9.17, 15) is 14.4 Å². The zero-order valence-electron chi connectivity index (χ0n) is 14.1. The first-order valence-corrected chi connectivity index (χ1v) is 8.33. The van der Waals surface area contributed by atoms with Crippen LogP contribution in [0.1, 0.15) is 19.8 Å². The van der Waals surface area contributed by atoms with E-state index in [0.717, 1.165) is 0 Å². The summed E-state index contributed by atoms with van der Waals surface area (Å²) in [6, 6.07) is 4.97. The van der Waals surface area contributed by atoms with Gasteiger partial charge in [0, 0.05) is 31.0 Å². The Balaban J connectivity index is 2.01. The highest BCUT2D eigenvalue weighted by molar-refractivity contribution is 6.31. The summed E-state index contributed by atoms with van der Waals surface area (Å²) in [7, 11) is 1.50. The van der Waals surface area contributed by atoms with Crippen molar-refractivity contribution in [2.24, 2.45) is 11.8 Å². The van der Waals surface area contributed by atoms with Crippen LogP contribution in [0.2, 0.25) is 5.02 Å². The molecule has 1 aromatic carbocycles. The summed E-state index contributed by atoms with van der Waals surface area (Å²) >= 11 is 6.00. The molecule has 1 fully saturated rings. The first-order chi connectivity index (χ1) is 11.8. The highest BCUT2D eigenvalue weighted by atomic mass is 35.5. The molecule has 0 radical (unpaired) electrons. The molecule has 0 aliphatic carbocycles. The molecule has 0 bridgehead atoms. The number of rotatable bonds is 7. The van der Waals surface area contributed by atoms with Gasteiger partial charge in [-0.05, 0) is 24.1 Å². The van der Waals surface area contributed by atoms with E-state index in [1.807, 2.05) is 0 Å². The first kappa shape index (κ1) is 19.1. The lowest BCUT2D eigenvalue weighted by Crippen LogP contribution is -2.35. The van der Waals surface area contributed by atoms with Crippen molar-refractivity contribution in [3.05, 3.63) is 23.2 Å². The Morgan fingerprint density at radius 2 is 2.20 bits per heavy atom. The van der Waals surface area contributed by atoms with E-state index >= 15 is 0 Å². The Kier molecular flexibility index (Phi) is 6.25. The Morgan fingerprint density at radius 3 is 2.84 bits per heavy atom. The fourth-order valence-electron chi connectivity index (χ4n) is 2.78. The molecule has 1 aromatic rings. The van der Waals surface area contributed by atoms with Crippen molar-refractivity contribution < 1.29 is 24.2 Å². The van der Waals surface area contributed by atoms with Crippen LogP contribution in [-0.2, 0) is 14.4 Å². The van der Waals surface area contributed by atoms with Gasteiger partial charge in [-0.2, -0.15) is 0 Å². The molecule has 1 heterocycles. The van der Waals surface area contributed by atoms with Crippen molar-refractivity contribution in [3.63, 3.8) is 0 Å². The van der Waals surface area contributed by atoms with Gasteiger partial charge in [-0.25, -0.2) is 0 Å². The lowest BCUT2D eigenvalue weighted by Gasteiger charge is -2.20. The second-order valence-corrected chi connectivity index (χ2v) is 6.61. The van der Waals surface area contributed by atoms with Gasteiger partial charge in [0.1, 0.15) is 5.75 Å². The van der Waals surface area contributed by atoms with Crippen molar-refractivity contribution in [2.45, 2.75) is 19.8 Å². The quantitative estimate of drug-likeness (QED) is 0.766. The predicted octanol–water partition coefficient (Wildman–Crippen LogP) is 1.93. The number of halogens is 1. The fraction of sp³-hybridized carbons (Fsp3) is 0.471. The van der Waals surface area contributed by atoms with E-state index in [4.69, 9.17) is 21.4 Å². The molecule has 0 saturated carbocycles. The zero-order valence-corrected chi connectivity index (χ0v) is 14.9. The van der Waals surface area contributed by atoms with Crippen LogP contribution in [0.4, 0.5) is 5.69 Å². The molecule has 2 amide bonds. The third kappa shape index (κ3) is 4.85. The topological polar surface area (TPSA) is 95.9 Å². The molecule has 2 atom stereocenters. The molecular weight excluding hydrogens is 348 g/mol. The molecule has 0 aromatic heterocycles. The third-order valence-electron chi connectivity index (χ3n) is 4.08. The number of nitrogens with one attached hydrogen (secondary N) is 1. The molecule has 8 heteroatoms. The van der Waals surface area contributed by atoms with Crippen molar-refractivity contribution >= 4 is 35.1 Å². The van der Waals surface area contributed by atoms with Crippen LogP contribution in [0.5, 0.6) is 5.75 Å². The minimum absolute atomic E-state index is 0.0181. The Morgan fingerprint density at radius 1 is 1.48 bits per heavy atom. The normalized spacial score (nSPS) is 18.1. The van der Waals surface area contributed by atoms with E-state index in [2.05, 4.69) is 5.32 Å². The van der Waals surface area contributed by atoms with Crippen LogP contribution < -0.4 is 15.0 Å². The van der Waals surface area contributed by atoms with E-state index in [0.29, 0.717) is 16.5 Å². The van der Waals surface area contributed by atoms with E-state index in [1.54, 1.807) is 25.1 Å². The van der Waals surface area contributed by atoms with Crippen LogP contribution in [0.3, 0.4) is 0 Å². The number of hydrogen-bond acceptors (Lipinski definition) is 4. The minimum Gasteiger partial charge on any atom is -0.495 e. The van der Waals surface area contributed by atoms with Gasteiger partial charge >= 0.3 is 5.97 Å². The maximum atomic E-state index is 12.3. The van der Waals surface area contributed by atoms with Gasteiger partial charge in [0.2, 0.25) is 11.8 Å². The van der Waals surface area contributed by atoms with Crippen molar-refractivity contribution in [3.8, 4) is 5.75 Å². The SMILES string of the molecule is COc1ccc(Cl)cc1N1CC(C(=O)NCC(C)CC(=O)O)CC1=O. The molecule has 1 aliphatic heterocycles. The number of carboxylic acid groups (broad SMARTS) is 1. The number of nitrogens with zero attached hydrogens (tertiary/aromatic N) is 1. The second-order valence-electron chi connectivity index (χ2n) is 6.17. The molecule has 0 spiro atoms. The summed E-state index contributed by atoms with van der Waals surface area (Å²) in [5, 5.41) is 11.9. The number of carbonyl (C=O) groups excluding carboxylic acids is 2. The van der Waals surface area contributed by atoms with E-state index in [-0.39, 0.29) is 43.7 Å². The molecule has 2 rings (SSSR count). The molecule has 1 aliphatic rings. The van der Waals surface area contributed by atoms with Gasteiger partial charge in [-0.3, -0.25) is 14.4 Å². The lowest BCUT2D eigenvalue weighted by molar-refractivity contribution is -0.138. The number of benzene rings is 1. The van der Waals surface area contributed by atoms with Gasteiger partial charge in [0.05, 0.1) is 18.7 Å². The molecule has 1 saturated heterocycles. The number of aliphatic carboxylic acids is 1. The highest BCUT2D eigenvalue weighted by Crippen LogP contribution is 2.35. The number of amides is 2. The smallest absolute Gasteiger partial charge is 0.303 e. The predicted molar refractivity (Wildman–Crippen MR) is 92.9 cm³/mol. The summed E-state index contributed by atoms with van der Waals surface area (Å²) in [4.78, 5) is 36.8. The largest absolute Gasteiger partial charge is 0.495 e. The molecule has 2 unspecified atom stereocenters.